The average molecular weight is 449 g/mol. The molecular weight excluding hydrogens is 416 g/mol. The third-order valence-corrected chi connectivity index (χ3v) is 6.97. The van der Waals surface area contributed by atoms with Gasteiger partial charge >= 0.3 is 0 Å². The molecule has 0 N–H and O–H groups in total. The van der Waals surface area contributed by atoms with Gasteiger partial charge in [0.15, 0.2) is 5.82 Å². The molecule has 8 nitrogen and oxygen atoms in total. The number of hydrogen-bond donors (Lipinski definition) is 0. The van der Waals surface area contributed by atoms with Crippen molar-refractivity contribution in [3.05, 3.63) is 59.9 Å². The van der Waals surface area contributed by atoms with Gasteiger partial charge in [0.1, 0.15) is 17.5 Å². The van der Waals surface area contributed by atoms with Crippen molar-refractivity contribution in [3.8, 4) is 11.5 Å². The standard InChI is InChI=1S/C25H32N6O2/c1-32-22-13-7-5-11-20(22)24(25-26-27-28-31(25)19-9-3-4-10-19)30-17-15-29(16-18-30)21-12-6-8-14-23(21)33-2/h5-8,11-14,19,24H,3-4,9-10,15-18H2,1-2H3. The average Bonchev–Trinajstić information content (AvgIpc) is 3.57. The zero-order chi connectivity index (χ0) is 22.6. The molecule has 1 saturated carbocycles. The fourth-order valence-electron chi connectivity index (χ4n) is 5.29. The van der Waals surface area contributed by atoms with Crippen molar-refractivity contribution in [2.75, 3.05) is 45.3 Å². The summed E-state index contributed by atoms with van der Waals surface area (Å²) in [5.41, 5.74) is 2.25. The molecule has 174 valence electrons. The van der Waals surface area contributed by atoms with Crippen molar-refractivity contribution in [3.63, 3.8) is 0 Å². The van der Waals surface area contributed by atoms with Gasteiger partial charge in [0.25, 0.3) is 0 Å². The summed E-state index contributed by atoms with van der Waals surface area (Å²) in [5, 5.41) is 13.1. The van der Waals surface area contributed by atoms with E-state index in [1.54, 1.807) is 14.2 Å². The number of tetrazole rings is 1. The smallest absolute Gasteiger partial charge is 0.173 e. The minimum atomic E-state index is -0.0587. The van der Waals surface area contributed by atoms with Crippen LogP contribution in [0.15, 0.2) is 48.5 Å². The number of para-hydroxylation sites is 3. The lowest BCUT2D eigenvalue weighted by Crippen LogP contribution is -2.48. The highest BCUT2D eigenvalue weighted by molar-refractivity contribution is 5.58. The third-order valence-electron chi connectivity index (χ3n) is 6.97. The van der Waals surface area contributed by atoms with E-state index >= 15 is 0 Å². The van der Waals surface area contributed by atoms with Crippen LogP contribution in [-0.4, -0.2) is 65.5 Å². The highest BCUT2D eigenvalue weighted by atomic mass is 16.5. The Labute approximate surface area is 195 Å². The number of rotatable bonds is 7. The molecule has 1 aliphatic heterocycles. The number of piperazine rings is 1. The molecule has 1 aliphatic carbocycles. The van der Waals surface area contributed by atoms with Gasteiger partial charge in [-0.3, -0.25) is 4.90 Å². The van der Waals surface area contributed by atoms with Gasteiger partial charge in [-0.25, -0.2) is 4.68 Å². The zero-order valence-corrected chi connectivity index (χ0v) is 19.4. The van der Waals surface area contributed by atoms with Gasteiger partial charge in [0.2, 0.25) is 0 Å². The first-order valence-electron chi connectivity index (χ1n) is 11.8. The molecule has 3 aromatic rings. The molecule has 33 heavy (non-hydrogen) atoms. The van der Waals surface area contributed by atoms with E-state index in [-0.39, 0.29) is 6.04 Å². The Balaban J connectivity index is 1.46. The molecule has 0 spiro atoms. The monoisotopic (exact) mass is 448 g/mol. The normalized spacial score (nSPS) is 18.4. The quantitative estimate of drug-likeness (QED) is 0.546. The molecule has 5 rings (SSSR count). The van der Waals surface area contributed by atoms with Crippen LogP contribution in [-0.2, 0) is 0 Å². The van der Waals surface area contributed by atoms with Crippen LogP contribution in [0.5, 0.6) is 11.5 Å². The maximum Gasteiger partial charge on any atom is 0.173 e. The second-order valence-corrected chi connectivity index (χ2v) is 8.76. The van der Waals surface area contributed by atoms with Gasteiger partial charge in [0.05, 0.1) is 25.9 Å². The lowest BCUT2D eigenvalue weighted by molar-refractivity contribution is 0.194. The Morgan fingerprint density at radius 1 is 0.848 bits per heavy atom. The Bertz CT molecular complexity index is 1060. The Kier molecular flexibility index (Phi) is 6.44. The number of methoxy groups -OCH3 is 2. The number of benzene rings is 2. The highest BCUT2D eigenvalue weighted by Gasteiger charge is 2.34. The first-order valence-corrected chi connectivity index (χ1v) is 11.8. The molecule has 0 bridgehead atoms. The fraction of sp³-hybridized carbons (Fsp3) is 0.480. The van der Waals surface area contributed by atoms with Crippen LogP contribution in [0.1, 0.15) is 49.2 Å². The Hall–Kier alpha value is -3.13. The number of hydrogen-bond acceptors (Lipinski definition) is 7. The van der Waals surface area contributed by atoms with E-state index in [0.717, 1.165) is 67.6 Å². The molecule has 0 amide bonds. The number of ether oxygens (including phenoxy) is 2. The summed E-state index contributed by atoms with van der Waals surface area (Å²) >= 11 is 0. The minimum absolute atomic E-state index is 0.0587. The lowest BCUT2D eigenvalue weighted by atomic mass is 10.0. The summed E-state index contributed by atoms with van der Waals surface area (Å²) in [5.74, 6) is 2.70. The van der Waals surface area contributed by atoms with Crippen LogP contribution in [0, 0.1) is 0 Å². The molecule has 0 radical (unpaired) electrons. The number of aromatic nitrogens is 4. The number of anilines is 1. The summed E-state index contributed by atoms with van der Waals surface area (Å²) < 4.78 is 13.5. The van der Waals surface area contributed by atoms with Crippen LogP contribution in [0.4, 0.5) is 5.69 Å². The van der Waals surface area contributed by atoms with Crippen molar-refractivity contribution in [2.24, 2.45) is 0 Å². The van der Waals surface area contributed by atoms with E-state index in [9.17, 15) is 0 Å². The first kappa shape index (κ1) is 21.7. The first-order chi connectivity index (χ1) is 16.3. The topological polar surface area (TPSA) is 68.5 Å². The van der Waals surface area contributed by atoms with Crippen molar-refractivity contribution in [2.45, 2.75) is 37.8 Å². The van der Waals surface area contributed by atoms with Gasteiger partial charge in [-0.05, 0) is 41.5 Å². The second-order valence-electron chi connectivity index (χ2n) is 8.76. The van der Waals surface area contributed by atoms with Crippen molar-refractivity contribution < 1.29 is 9.47 Å². The lowest BCUT2D eigenvalue weighted by Gasteiger charge is -2.40. The summed E-state index contributed by atoms with van der Waals surface area (Å²) in [6, 6.07) is 16.8. The SMILES string of the molecule is COc1ccccc1C(c1nnnn1C1CCCC1)N1CCN(c2ccccc2OC)CC1. The van der Waals surface area contributed by atoms with Crippen LogP contribution < -0.4 is 14.4 Å². The predicted molar refractivity (Wildman–Crippen MR) is 127 cm³/mol. The maximum atomic E-state index is 5.77. The van der Waals surface area contributed by atoms with E-state index in [0.29, 0.717) is 6.04 Å². The molecule has 1 atom stereocenters. The van der Waals surface area contributed by atoms with E-state index in [4.69, 9.17) is 9.47 Å². The molecule has 2 aromatic carbocycles. The van der Waals surface area contributed by atoms with Gasteiger partial charge in [-0.1, -0.05) is 43.2 Å². The van der Waals surface area contributed by atoms with E-state index in [1.165, 1.54) is 12.8 Å². The molecular formula is C25H32N6O2. The number of nitrogens with zero attached hydrogens (tertiary/aromatic N) is 6. The summed E-state index contributed by atoms with van der Waals surface area (Å²) in [4.78, 5) is 4.88. The van der Waals surface area contributed by atoms with Gasteiger partial charge < -0.3 is 14.4 Å². The summed E-state index contributed by atoms with van der Waals surface area (Å²) in [6.07, 6.45) is 4.75. The van der Waals surface area contributed by atoms with E-state index in [1.807, 2.05) is 24.3 Å². The molecule has 1 unspecified atom stereocenters. The zero-order valence-electron chi connectivity index (χ0n) is 19.4. The summed E-state index contributed by atoms with van der Waals surface area (Å²) in [6.45, 7) is 3.57. The highest BCUT2D eigenvalue weighted by Crippen LogP contribution is 2.38. The second kappa shape index (κ2) is 9.79. The molecule has 2 aliphatic rings. The van der Waals surface area contributed by atoms with E-state index < -0.39 is 0 Å². The van der Waals surface area contributed by atoms with Crippen LogP contribution >= 0.6 is 0 Å². The molecule has 8 heteroatoms. The van der Waals surface area contributed by atoms with Gasteiger partial charge in [-0.2, -0.15) is 0 Å². The van der Waals surface area contributed by atoms with Crippen molar-refractivity contribution in [1.82, 2.24) is 25.1 Å². The molecule has 2 fully saturated rings. The van der Waals surface area contributed by atoms with Gasteiger partial charge in [0, 0.05) is 31.7 Å². The molecule has 1 aromatic heterocycles. The predicted octanol–water partition coefficient (Wildman–Crippen LogP) is 3.72. The fourth-order valence-corrected chi connectivity index (χ4v) is 5.29. The van der Waals surface area contributed by atoms with Crippen LogP contribution in [0.25, 0.3) is 0 Å². The maximum absolute atomic E-state index is 5.77. The molecule has 2 heterocycles. The Morgan fingerprint density at radius 3 is 2.24 bits per heavy atom. The Morgan fingerprint density at radius 2 is 1.52 bits per heavy atom. The minimum Gasteiger partial charge on any atom is -0.496 e. The van der Waals surface area contributed by atoms with Crippen molar-refractivity contribution >= 4 is 5.69 Å². The van der Waals surface area contributed by atoms with Crippen LogP contribution in [0.2, 0.25) is 0 Å². The van der Waals surface area contributed by atoms with Crippen molar-refractivity contribution in [1.29, 1.82) is 0 Å². The van der Waals surface area contributed by atoms with Crippen LogP contribution in [0.3, 0.4) is 0 Å². The van der Waals surface area contributed by atoms with E-state index in [2.05, 4.69) is 54.3 Å². The largest absolute Gasteiger partial charge is 0.496 e. The third kappa shape index (κ3) is 4.27. The summed E-state index contributed by atoms with van der Waals surface area (Å²) in [7, 11) is 3.46. The van der Waals surface area contributed by atoms with Gasteiger partial charge in [-0.15, -0.1) is 5.10 Å². The molecule has 1 saturated heterocycles.